The molecule has 0 heterocycles. The molecule has 4 heteroatoms. The lowest BCUT2D eigenvalue weighted by molar-refractivity contribution is 0.163. The van der Waals surface area contributed by atoms with Gasteiger partial charge in [-0.15, -0.1) is 0 Å². The van der Waals surface area contributed by atoms with Gasteiger partial charge in [0.15, 0.2) is 0 Å². The second-order valence-corrected chi connectivity index (χ2v) is 5.12. The smallest absolute Gasteiger partial charge is 0.123 e. The van der Waals surface area contributed by atoms with E-state index in [1.807, 2.05) is 26.1 Å². The van der Waals surface area contributed by atoms with Crippen LogP contribution < -0.4 is 5.32 Å². The van der Waals surface area contributed by atoms with Gasteiger partial charge in [-0.05, 0) is 58.1 Å². The van der Waals surface area contributed by atoms with Crippen LogP contribution in [0.3, 0.4) is 0 Å². The van der Waals surface area contributed by atoms with E-state index in [0.29, 0.717) is 0 Å². The molecule has 0 aliphatic carbocycles. The first-order valence-corrected chi connectivity index (χ1v) is 6.82. The summed E-state index contributed by atoms with van der Waals surface area (Å²) >= 11 is 0. The van der Waals surface area contributed by atoms with E-state index in [4.69, 9.17) is 0 Å². The lowest BCUT2D eigenvalue weighted by Crippen LogP contribution is -2.27. The normalized spacial score (nSPS) is 14.6. The first kappa shape index (κ1) is 16.1. The number of halogens is 1. The third-order valence-corrected chi connectivity index (χ3v) is 3.35. The van der Waals surface area contributed by atoms with Crippen molar-refractivity contribution in [2.75, 3.05) is 27.2 Å². The number of nitrogens with zero attached hydrogens (tertiary/aromatic N) is 1. The van der Waals surface area contributed by atoms with Crippen LogP contribution in [0.4, 0.5) is 4.39 Å². The Balaban J connectivity index is 2.42. The van der Waals surface area contributed by atoms with Gasteiger partial charge in [-0.25, -0.2) is 4.39 Å². The molecule has 108 valence electrons. The molecular weight excluding hydrogens is 243 g/mol. The highest BCUT2D eigenvalue weighted by atomic mass is 19.1. The maximum Gasteiger partial charge on any atom is 0.123 e. The quantitative estimate of drug-likeness (QED) is 0.758. The average molecular weight is 268 g/mol. The third-order valence-electron chi connectivity index (χ3n) is 3.35. The number of hydrogen-bond donors (Lipinski definition) is 2. The molecule has 0 fully saturated rings. The predicted molar refractivity (Wildman–Crippen MR) is 76.6 cm³/mol. The lowest BCUT2D eigenvalue weighted by atomic mass is 10.0. The van der Waals surface area contributed by atoms with Crippen LogP contribution in [0.5, 0.6) is 0 Å². The molecule has 0 saturated heterocycles. The van der Waals surface area contributed by atoms with Gasteiger partial charge in [0.05, 0.1) is 6.10 Å². The van der Waals surface area contributed by atoms with Gasteiger partial charge >= 0.3 is 0 Å². The minimum absolute atomic E-state index is 0.201. The van der Waals surface area contributed by atoms with Crippen LogP contribution in [-0.4, -0.2) is 43.3 Å². The van der Waals surface area contributed by atoms with Gasteiger partial charge in [-0.2, -0.15) is 0 Å². The molecule has 0 radical (unpaired) electrons. The molecule has 0 aliphatic heterocycles. The molecule has 3 nitrogen and oxygen atoms in total. The van der Waals surface area contributed by atoms with Crippen molar-refractivity contribution < 1.29 is 9.50 Å². The van der Waals surface area contributed by atoms with Gasteiger partial charge in [0.2, 0.25) is 0 Å². The van der Waals surface area contributed by atoms with Crippen LogP contribution in [-0.2, 0) is 0 Å². The monoisotopic (exact) mass is 268 g/mol. The molecule has 0 aliphatic rings. The number of aliphatic hydroxyl groups is 1. The highest BCUT2D eigenvalue weighted by Crippen LogP contribution is 2.17. The maximum atomic E-state index is 12.9. The molecular formula is C15H25FN2O. The fraction of sp³-hybridized carbons (Fsp3) is 0.600. The maximum absolute atomic E-state index is 12.9. The fourth-order valence-electron chi connectivity index (χ4n) is 2.04. The Hall–Kier alpha value is -0.970. The van der Waals surface area contributed by atoms with E-state index in [-0.39, 0.29) is 18.0 Å². The summed E-state index contributed by atoms with van der Waals surface area (Å²) in [5.41, 5.74) is 1.10. The van der Waals surface area contributed by atoms with Crippen molar-refractivity contribution in [3.8, 4) is 0 Å². The Labute approximate surface area is 115 Å². The van der Waals surface area contributed by atoms with Crippen molar-refractivity contribution in [2.24, 2.45) is 0 Å². The van der Waals surface area contributed by atoms with Crippen molar-refractivity contribution >= 4 is 0 Å². The Morgan fingerprint density at radius 1 is 1.21 bits per heavy atom. The summed E-state index contributed by atoms with van der Waals surface area (Å²) in [6.07, 6.45) is 1.50. The molecule has 19 heavy (non-hydrogen) atoms. The van der Waals surface area contributed by atoms with Crippen molar-refractivity contribution in [2.45, 2.75) is 31.9 Å². The fourth-order valence-corrected chi connectivity index (χ4v) is 2.04. The van der Waals surface area contributed by atoms with E-state index in [0.717, 1.165) is 31.5 Å². The highest BCUT2D eigenvalue weighted by molar-refractivity contribution is 5.19. The molecule has 0 aromatic heterocycles. The highest BCUT2D eigenvalue weighted by Gasteiger charge is 2.10. The topological polar surface area (TPSA) is 35.5 Å². The van der Waals surface area contributed by atoms with Gasteiger partial charge in [0.1, 0.15) is 5.82 Å². The minimum Gasteiger partial charge on any atom is -0.393 e. The lowest BCUT2D eigenvalue weighted by Gasteiger charge is -2.22. The molecule has 1 aromatic carbocycles. The average Bonchev–Trinajstić information content (AvgIpc) is 2.39. The molecule has 0 bridgehead atoms. The van der Waals surface area contributed by atoms with E-state index in [2.05, 4.69) is 17.3 Å². The SMILES string of the molecule is CNC(CCN(C)CCC(C)O)c1ccc(F)cc1. The molecule has 2 atom stereocenters. The molecule has 0 spiro atoms. The van der Waals surface area contributed by atoms with E-state index in [9.17, 15) is 9.50 Å². The van der Waals surface area contributed by atoms with Crippen LogP contribution in [0.2, 0.25) is 0 Å². The first-order valence-electron chi connectivity index (χ1n) is 6.82. The van der Waals surface area contributed by atoms with Gasteiger partial charge in [-0.3, -0.25) is 0 Å². The number of rotatable bonds is 8. The summed E-state index contributed by atoms with van der Waals surface area (Å²) in [6.45, 7) is 3.63. The minimum atomic E-state index is -0.250. The van der Waals surface area contributed by atoms with Crippen LogP contribution in [0.1, 0.15) is 31.4 Å². The second kappa shape index (κ2) is 8.25. The van der Waals surface area contributed by atoms with E-state index >= 15 is 0 Å². The Morgan fingerprint density at radius 2 is 1.79 bits per heavy atom. The van der Waals surface area contributed by atoms with Crippen molar-refractivity contribution in [1.82, 2.24) is 10.2 Å². The summed E-state index contributed by atoms with van der Waals surface area (Å²) < 4.78 is 12.9. The summed E-state index contributed by atoms with van der Waals surface area (Å²) in [5, 5.41) is 12.5. The second-order valence-electron chi connectivity index (χ2n) is 5.12. The van der Waals surface area contributed by atoms with E-state index in [1.54, 1.807) is 0 Å². The summed E-state index contributed by atoms with van der Waals surface area (Å²) in [5.74, 6) is -0.201. The standard InChI is InChI=1S/C15H25FN2O/c1-12(19)8-10-18(3)11-9-15(17-2)13-4-6-14(16)7-5-13/h4-7,12,15,17,19H,8-11H2,1-3H3. The first-order chi connectivity index (χ1) is 9.02. The number of hydrogen-bond acceptors (Lipinski definition) is 3. The molecule has 1 rings (SSSR count). The zero-order chi connectivity index (χ0) is 14.3. The van der Waals surface area contributed by atoms with Crippen LogP contribution >= 0.6 is 0 Å². The molecule has 1 aromatic rings. The van der Waals surface area contributed by atoms with Crippen molar-refractivity contribution in [3.05, 3.63) is 35.6 Å². The number of benzene rings is 1. The van der Waals surface area contributed by atoms with Gasteiger partial charge in [-0.1, -0.05) is 12.1 Å². The van der Waals surface area contributed by atoms with Crippen LogP contribution in [0.25, 0.3) is 0 Å². The summed E-state index contributed by atoms with van der Waals surface area (Å²) in [6, 6.07) is 6.88. The van der Waals surface area contributed by atoms with Gasteiger partial charge in [0.25, 0.3) is 0 Å². The third kappa shape index (κ3) is 6.14. The Kier molecular flexibility index (Phi) is 6.99. The van der Waals surface area contributed by atoms with Gasteiger partial charge in [0, 0.05) is 12.6 Å². The Morgan fingerprint density at radius 3 is 2.32 bits per heavy atom. The molecule has 0 amide bonds. The van der Waals surface area contributed by atoms with Crippen LogP contribution in [0, 0.1) is 5.82 Å². The van der Waals surface area contributed by atoms with Crippen molar-refractivity contribution in [1.29, 1.82) is 0 Å². The molecule has 2 N–H and O–H groups in total. The Bertz CT molecular complexity index is 354. The van der Waals surface area contributed by atoms with E-state index in [1.165, 1.54) is 12.1 Å². The zero-order valence-electron chi connectivity index (χ0n) is 12.1. The number of nitrogens with one attached hydrogen (secondary N) is 1. The molecule has 2 unspecified atom stereocenters. The zero-order valence-corrected chi connectivity index (χ0v) is 12.1. The van der Waals surface area contributed by atoms with Gasteiger partial charge < -0.3 is 15.3 Å². The summed E-state index contributed by atoms with van der Waals surface area (Å²) in [7, 11) is 3.98. The summed E-state index contributed by atoms with van der Waals surface area (Å²) in [4.78, 5) is 2.21. The van der Waals surface area contributed by atoms with Crippen molar-refractivity contribution in [3.63, 3.8) is 0 Å². The molecule has 0 saturated carbocycles. The predicted octanol–water partition coefficient (Wildman–Crippen LogP) is 2.18. The van der Waals surface area contributed by atoms with Crippen LogP contribution in [0.15, 0.2) is 24.3 Å². The largest absolute Gasteiger partial charge is 0.393 e. The number of aliphatic hydroxyl groups excluding tert-OH is 1. The van der Waals surface area contributed by atoms with E-state index < -0.39 is 0 Å².